The van der Waals surface area contributed by atoms with E-state index in [0.29, 0.717) is 28.5 Å². The molecule has 1 fully saturated rings. The first-order valence-corrected chi connectivity index (χ1v) is 6.66. The number of amides is 1. The maximum Gasteiger partial charge on any atom is 0.231 e. The van der Waals surface area contributed by atoms with Crippen LogP contribution < -0.4 is 10.6 Å². The number of hydrogen-bond acceptors (Lipinski definition) is 4. The van der Waals surface area contributed by atoms with Crippen LogP contribution in [-0.2, 0) is 9.53 Å². The molecule has 1 aromatic heterocycles. The summed E-state index contributed by atoms with van der Waals surface area (Å²) in [7, 11) is 1.82. The summed E-state index contributed by atoms with van der Waals surface area (Å²) in [5.74, 6) is -0.271. The maximum atomic E-state index is 12.1. The van der Waals surface area contributed by atoms with Crippen LogP contribution in [-0.4, -0.2) is 37.2 Å². The fourth-order valence-electron chi connectivity index (χ4n) is 1.82. The molecule has 1 amide bonds. The molecule has 1 saturated heterocycles. The molecule has 2 heterocycles. The number of aromatic nitrogens is 1. The third-order valence-corrected chi connectivity index (χ3v) is 3.99. The predicted octanol–water partition coefficient (Wildman–Crippen LogP) is 1.67. The third kappa shape index (κ3) is 3.00. The van der Waals surface area contributed by atoms with Gasteiger partial charge in [-0.15, -0.1) is 0 Å². The summed E-state index contributed by atoms with van der Waals surface area (Å²) in [5, 5.41) is 6.24. The third-order valence-electron chi connectivity index (χ3n) is 2.85. The van der Waals surface area contributed by atoms with Gasteiger partial charge in [0.05, 0.1) is 35.5 Å². The van der Waals surface area contributed by atoms with Crippen molar-refractivity contribution in [2.75, 3.05) is 25.6 Å². The molecule has 0 aromatic carbocycles. The van der Waals surface area contributed by atoms with Crippen molar-refractivity contribution in [2.24, 2.45) is 5.92 Å². The molecule has 0 saturated carbocycles. The fourth-order valence-corrected chi connectivity index (χ4v) is 2.27. The molecule has 7 heteroatoms. The number of hydrogen-bond donors (Lipinski definition) is 2. The lowest BCUT2D eigenvalue weighted by Crippen LogP contribution is -2.39. The Bertz CT molecular complexity index is 458. The van der Waals surface area contributed by atoms with Gasteiger partial charge in [0.25, 0.3) is 0 Å². The number of carbonyl (C=O) groups excluding carboxylic acids is 1. The molecule has 0 spiro atoms. The summed E-state index contributed by atoms with van der Waals surface area (Å²) in [6.45, 7) is 0.983. The van der Waals surface area contributed by atoms with Gasteiger partial charge < -0.3 is 15.4 Å². The summed E-state index contributed by atoms with van der Waals surface area (Å²) in [4.78, 5) is 16.0. The molecular formula is C11H13BrClN3O2. The second kappa shape index (κ2) is 5.97. The largest absolute Gasteiger partial charge is 0.379 e. The highest BCUT2D eigenvalue weighted by molar-refractivity contribution is 9.10. The van der Waals surface area contributed by atoms with Crippen LogP contribution >= 0.6 is 27.5 Å². The Morgan fingerprint density at radius 3 is 3.06 bits per heavy atom. The number of anilines is 1. The lowest BCUT2D eigenvalue weighted by Gasteiger charge is -2.16. The number of pyridine rings is 1. The molecule has 2 rings (SSSR count). The molecule has 98 valence electrons. The van der Waals surface area contributed by atoms with Gasteiger partial charge in [0.1, 0.15) is 5.15 Å². The number of likely N-dealkylation sites (N-methyl/N-ethyl adjacent to an activating group) is 1. The van der Waals surface area contributed by atoms with Crippen molar-refractivity contribution in [2.45, 2.75) is 6.04 Å². The zero-order valence-corrected chi connectivity index (χ0v) is 12.1. The van der Waals surface area contributed by atoms with Gasteiger partial charge in [-0.3, -0.25) is 4.79 Å². The lowest BCUT2D eigenvalue weighted by atomic mass is 10.0. The Morgan fingerprint density at radius 2 is 2.39 bits per heavy atom. The number of carbonyl (C=O) groups is 1. The highest BCUT2D eigenvalue weighted by atomic mass is 79.9. The normalized spacial score (nSPS) is 23.1. The first kappa shape index (κ1) is 13.7. The minimum absolute atomic E-state index is 0.0497. The van der Waals surface area contributed by atoms with E-state index in [1.807, 2.05) is 7.05 Å². The summed E-state index contributed by atoms with van der Waals surface area (Å²) >= 11 is 9.05. The minimum Gasteiger partial charge on any atom is -0.379 e. The molecule has 2 unspecified atom stereocenters. The number of nitrogens with one attached hydrogen (secondary N) is 2. The minimum atomic E-state index is -0.190. The van der Waals surface area contributed by atoms with Crippen molar-refractivity contribution in [3.8, 4) is 0 Å². The van der Waals surface area contributed by atoms with Crippen LogP contribution in [0.4, 0.5) is 5.69 Å². The Kier molecular flexibility index (Phi) is 4.55. The van der Waals surface area contributed by atoms with Crippen LogP contribution in [0.3, 0.4) is 0 Å². The number of nitrogens with zero attached hydrogens (tertiary/aromatic N) is 1. The first-order chi connectivity index (χ1) is 8.61. The van der Waals surface area contributed by atoms with Crippen LogP contribution in [0.2, 0.25) is 5.15 Å². The van der Waals surface area contributed by atoms with Gasteiger partial charge in [0.15, 0.2) is 0 Å². The van der Waals surface area contributed by atoms with E-state index >= 15 is 0 Å². The summed E-state index contributed by atoms with van der Waals surface area (Å²) in [6.07, 6.45) is 1.52. The Hall–Kier alpha value is -0.690. The van der Waals surface area contributed by atoms with Crippen molar-refractivity contribution < 1.29 is 9.53 Å². The molecule has 2 atom stereocenters. The molecule has 1 aliphatic heterocycles. The van der Waals surface area contributed by atoms with Gasteiger partial charge in [-0.05, 0) is 29.0 Å². The molecule has 18 heavy (non-hydrogen) atoms. The molecule has 0 aliphatic carbocycles. The van der Waals surface area contributed by atoms with Crippen LogP contribution in [0, 0.1) is 5.92 Å². The van der Waals surface area contributed by atoms with Crippen molar-refractivity contribution >= 4 is 39.1 Å². The van der Waals surface area contributed by atoms with Gasteiger partial charge in [0, 0.05) is 6.04 Å². The average Bonchev–Trinajstić information content (AvgIpc) is 2.82. The van der Waals surface area contributed by atoms with Crippen LogP contribution in [0.5, 0.6) is 0 Å². The molecule has 1 aliphatic rings. The van der Waals surface area contributed by atoms with Gasteiger partial charge in [-0.2, -0.15) is 0 Å². The van der Waals surface area contributed by atoms with Gasteiger partial charge in [-0.25, -0.2) is 4.98 Å². The van der Waals surface area contributed by atoms with Crippen LogP contribution in [0.15, 0.2) is 16.7 Å². The first-order valence-electron chi connectivity index (χ1n) is 5.48. The summed E-state index contributed by atoms with van der Waals surface area (Å²) in [5.41, 5.74) is 0.609. The van der Waals surface area contributed by atoms with E-state index in [0.717, 1.165) is 0 Å². The molecule has 0 radical (unpaired) electrons. The van der Waals surface area contributed by atoms with Gasteiger partial charge in [0.2, 0.25) is 5.91 Å². The van der Waals surface area contributed by atoms with Crippen LogP contribution in [0.1, 0.15) is 0 Å². The SMILES string of the molecule is CNC1COCC1C(=O)Nc1cnc(Cl)c(Br)c1. The standard InChI is InChI=1S/C11H13BrClN3O2/c1-14-9-5-18-4-7(9)11(17)16-6-2-8(12)10(13)15-3-6/h2-3,7,9,14H,4-5H2,1H3,(H,16,17). The summed E-state index contributed by atoms with van der Waals surface area (Å²) < 4.78 is 5.94. The number of ether oxygens (including phenoxy) is 1. The molecule has 2 N–H and O–H groups in total. The van der Waals surface area contributed by atoms with E-state index in [1.165, 1.54) is 6.20 Å². The summed E-state index contributed by atoms with van der Waals surface area (Å²) in [6, 6.07) is 1.77. The molecule has 5 nitrogen and oxygen atoms in total. The Morgan fingerprint density at radius 1 is 1.61 bits per heavy atom. The molecular weight excluding hydrogens is 321 g/mol. The highest BCUT2D eigenvalue weighted by Crippen LogP contribution is 2.24. The van der Waals surface area contributed by atoms with Gasteiger partial charge >= 0.3 is 0 Å². The Balaban J connectivity index is 2.04. The highest BCUT2D eigenvalue weighted by Gasteiger charge is 2.32. The van der Waals surface area contributed by atoms with Crippen molar-refractivity contribution in [3.05, 3.63) is 21.9 Å². The molecule has 1 aromatic rings. The van der Waals surface area contributed by atoms with E-state index in [9.17, 15) is 4.79 Å². The number of halogens is 2. The van der Waals surface area contributed by atoms with Crippen molar-refractivity contribution in [1.82, 2.24) is 10.3 Å². The van der Waals surface area contributed by atoms with E-state index in [4.69, 9.17) is 16.3 Å². The van der Waals surface area contributed by atoms with Crippen LogP contribution in [0.25, 0.3) is 0 Å². The zero-order valence-electron chi connectivity index (χ0n) is 9.74. The van der Waals surface area contributed by atoms with E-state index in [2.05, 4.69) is 31.5 Å². The van der Waals surface area contributed by atoms with E-state index < -0.39 is 0 Å². The second-order valence-corrected chi connectivity index (χ2v) is 5.24. The monoisotopic (exact) mass is 333 g/mol. The van der Waals surface area contributed by atoms with Gasteiger partial charge in [-0.1, -0.05) is 11.6 Å². The van der Waals surface area contributed by atoms with E-state index in [-0.39, 0.29) is 17.9 Å². The Labute approximate surface area is 118 Å². The molecule has 0 bridgehead atoms. The van der Waals surface area contributed by atoms with Crippen molar-refractivity contribution in [3.63, 3.8) is 0 Å². The van der Waals surface area contributed by atoms with Crippen molar-refractivity contribution in [1.29, 1.82) is 0 Å². The number of rotatable bonds is 3. The topological polar surface area (TPSA) is 63.2 Å². The average molecular weight is 335 g/mol. The zero-order chi connectivity index (χ0) is 13.1. The fraction of sp³-hybridized carbons (Fsp3) is 0.455. The predicted molar refractivity (Wildman–Crippen MR) is 72.7 cm³/mol. The quantitative estimate of drug-likeness (QED) is 0.826. The lowest BCUT2D eigenvalue weighted by molar-refractivity contribution is -0.120. The smallest absolute Gasteiger partial charge is 0.231 e. The second-order valence-electron chi connectivity index (χ2n) is 4.02. The maximum absolute atomic E-state index is 12.1. The van der Waals surface area contributed by atoms with E-state index in [1.54, 1.807) is 6.07 Å².